The van der Waals surface area contributed by atoms with Crippen LogP contribution in [0.5, 0.6) is 0 Å². The van der Waals surface area contributed by atoms with Crippen LogP contribution in [0.3, 0.4) is 0 Å². The van der Waals surface area contributed by atoms with Gasteiger partial charge in [-0.15, -0.1) is 20.4 Å². The monoisotopic (exact) mass is 326 g/mol. The lowest BCUT2D eigenvalue weighted by atomic mass is 9.76. The van der Waals surface area contributed by atoms with Gasteiger partial charge in [0, 0.05) is 35.8 Å². The van der Waals surface area contributed by atoms with E-state index >= 15 is 0 Å². The first kappa shape index (κ1) is 16.4. The number of hydrogen-bond acceptors (Lipinski definition) is 6. The number of hydrogen-bond donors (Lipinski definition) is 0. The van der Waals surface area contributed by atoms with Gasteiger partial charge in [-0.3, -0.25) is 0 Å². The number of aromatic nitrogens is 4. The molecule has 24 heavy (non-hydrogen) atoms. The van der Waals surface area contributed by atoms with Gasteiger partial charge in [-0.05, 0) is 0 Å². The Labute approximate surface area is 141 Å². The van der Waals surface area contributed by atoms with E-state index in [1.54, 1.807) is 13.8 Å². The molecule has 1 aliphatic rings. The van der Waals surface area contributed by atoms with Crippen molar-refractivity contribution < 1.29 is 8.83 Å². The van der Waals surface area contributed by atoms with Crippen LogP contribution < -0.4 is 0 Å². The van der Waals surface area contributed by atoms with E-state index in [0.29, 0.717) is 23.6 Å². The molecule has 3 rings (SSSR count). The van der Waals surface area contributed by atoms with Crippen LogP contribution in [-0.2, 0) is 0 Å². The molecule has 2 aromatic rings. The van der Waals surface area contributed by atoms with Gasteiger partial charge >= 0.3 is 0 Å². The second-order valence-electron chi connectivity index (χ2n) is 7.29. The van der Waals surface area contributed by atoms with Crippen LogP contribution >= 0.6 is 0 Å². The molecule has 0 spiro atoms. The average Bonchev–Trinajstić information content (AvgIpc) is 3.08. The zero-order chi connectivity index (χ0) is 17.5. The highest BCUT2D eigenvalue weighted by molar-refractivity contribution is 5.75. The molecule has 6 nitrogen and oxygen atoms in total. The third kappa shape index (κ3) is 3.22. The van der Waals surface area contributed by atoms with Crippen LogP contribution in [0.4, 0.5) is 0 Å². The molecule has 126 valence electrons. The summed E-state index contributed by atoms with van der Waals surface area (Å²) in [5.41, 5.74) is 1.37. The first-order chi connectivity index (χ1) is 11.2. The van der Waals surface area contributed by atoms with Crippen LogP contribution in [0.25, 0.3) is 11.1 Å². The normalized spacial score (nSPS) is 25.1. The van der Waals surface area contributed by atoms with Gasteiger partial charge in [-0.1, -0.05) is 52.0 Å². The average molecular weight is 326 g/mol. The number of allylic oxidation sites excluding steroid dienone is 6. The largest absolute Gasteiger partial charge is 0.421 e. The molecule has 0 bridgehead atoms. The van der Waals surface area contributed by atoms with Crippen molar-refractivity contribution in [2.75, 3.05) is 0 Å². The number of rotatable bonds is 2. The summed E-state index contributed by atoms with van der Waals surface area (Å²) in [6.45, 7) is 12.1. The minimum absolute atomic E-state index is 0.253. The predicted octanol–water partition coefficient (Wildman–Crippen LogP) is 4.16. The Hall–Kier alpha value is -2.50. The van der Waals surface area contributed by atoms with Gasteiger partial charge < -0.3 is 8.83 Å². The SMILES string of the molecule is Cc1nnc(C2=C/C(C)(C)/C=C(/c3nnc(C)o3)C(C)(C)/C=C\2)o1. The minimum atomic E-state index is -0.287. The molecule has 0 radical (unpaired) electrons. The highest BCUT2D eigenvalue weighted by Gasteiger charge is 2.30. The van der Waals surface area contributed by atoms with E-state index in [4.69, 9.17) is 8.83 Å². The van der Waals surface area contributed by atoms with Crippen molar-refractivity contribution in [2.24, 2.45) is 10.8 Å². The molecule has 2 aromatic heterocycles. The molecule has 2 heterocycles. The lowest BCUT2D eigenvalue weighted by Crippen LogP contribution is -2.17. The van der Waals surface area contributed by atoms with Gasteiger partial charge in [0.15, 0.2) is 0 Å². The van der Waals surface area contributed by atoms with Gasteiger partial charge in [0.1, 0.15) is 0 Å². The standard InChI is InChI=1S/C18H22N4O2/c1-11-19-21-15(23-11)13-7-8-18(5,6)14(10-17(3,4)9-13)16-22-20-12(2)24-16/h7-10H,1-6H3/b8-7-,13-9+,14-10-. The maximum atomic E-state index is 5.68. The molecule has 0 aliphatic heterocycles. The molecule has 0 N–H and O–H groups in total. The first-order valence-electron chi connectivity index (χ1n) is 7.93. The Bertz CT molecular complexity index is 850. The molecule has 1 aliphatic carbocycles. The van der Waals surface area contributed by atoms with Crippen LogP contribution in [0, 0.1) is 24.7 Å². The molecular formula is C18H22N4O2. The Kier molecular flexibility index (Phi) is 3.78. The summed E-state index contributed by atoms with van der Waals surface area (Å²) in [6, 6.07) is 0. The predicted molar refractivity (Wildman–Crippen MR) is 90.7 cm³/mol. The van der Waals surface area contributed by atoms with Crippen molar-refractivity contribution in [3.63, 3.8) is 0 Å². The van der Waals surface area contributed by atoms with Crippen LogP contribution in [0.2, 0.25) is 0 Å². The van der Waals surface area contributed by atoms with Crippen LogP contribution in [0.1, 0.15) is 51.3 Å². The van der Waals surface area contributed by atoms with Gasteiger partial charge in [-0.25, -0.2) is 0 Å². The maximum absolute atomic E-state index is 5.68. The summed E-state index contributed by atoms with van der Waals surface area (Å²) < 4.78 is 11.3. The summed E-state index contributed by atoms with van der Waals surface area (Å²) in [5, 5.41) is 16.2. The molecule has 6 heteroatoms. The van der Waals surface area contributed by atoms with E-state index in [2.05, 4.69) is 66.3 Å². The molecule has 0 unspecified atom stereocenters. The lowest BCUT2D eigenvalue weighted by molar-refractivity contribution is 0.483. The summed E-state index contributed by atoms with van der Waals surface area (Å²) in [4.78, 5) is 0. The number of aryl methyl sites for hydroxylation is 2. The van der Waals surface area contributed by atoms with E-state index in [0.717, 1.165) is 11.1 Å². The summed E-state index contributed by atoms with van der Waals surface area (Å²) in [6.07, 6.45) is 8.38. The van der Waals surface area contributed by atoms with Gasteiger partial charge in [0.25, 0.3) is 0 Å². The van der Waals surface area contributed by atoms with E-state index in [9.17, 15) is 0 Å². The van der Waals surface area contributed by atoms with Crippen molar-refractivity contribution in [2.45, 2.75) is 41.5 Å². The second kappa shape index (κ2) is 5.54. The maximum Gasteiger partial charge on any atom is 0.247 e. The molecule has 0 amide bonds. The topological polar surface area (TPSA) is 77.8 Å². The fourth-order valence-corrected chi connectivity index (χ4v) is 2.73. The van der Waals surface area contributed by atoms with E-state index < -0.39 is 0 Å². The Morgan fingerprint density at radius 3 is 1.92 bits per heavy atom. The smallest absolute Gasteiger partial charge is 0.247 e. The zero-order valence-electron chi connectivity index (χ0n) is 14.9. The fraction of sp³-hybridized carbons (Fsp3) is 0.444. The third-order valence-electron chi connectivity index (χ3n) is 3.95. The van der Waals surface area contributed by atoms with Crippen molar-refractivity contribution in [3.05, 3.63) is 47.9 Å². The summed E-state index contributed by atoms with van der Waals surface area (Å²) in [7, 11) is 0. The van der Waals surface area contributed by atoms with Crippen molar-refractivity contribution in [1.29, 1.82) is 0 Å². The molecule has 0 atom stereocenters. The Balaban J connectivity index is 2.13. The molecular weight excluding hydrogens is 304 g/mol. The molecule has 0 saturated carbocycles. The second-order valence-corrected chi connectivity index (χ2v) is 7.29. The number of nitrogens with zero attached hydrogens (tertiary/aromatic N) is 4. The first-order valence-corrected chi connectivity index (χ1v) is 7.93. The van der Waals surface area contributed by atoms with Crippen LogP contribution in [0.15, 0.2) is 33.1 Å². The van der Waals surface area contributed by atoms with E-state index in [1.807, 2.05) is 6.08 Å². The van der Waals surface area contributed by atoms with Crippen LogP contribution in [-0.4, -0.2) is 20.4 Å². The Morgan fingerprint density at radius 2 is 1.38 bits per heavy atom. The van der Waals surface area contributed by atoms with E-state index in [-0.39, 0.29) is 10.8 Å². The Morgan fingerprint density at radius 1 is 0.792 bits per heavy atom. The van der Waals surface area contributed by atoms with Crippen molar-refractivity contribution >= 4 is 11.1 Å². The highest BCUT2D eigenvalue weighted by Crippen LogP contribution is 2.42. The fourth-order valence-electron chi connectivity index (χ4n) is 2.73. The molecule has 0 saturated heterocycles. The highest BCUT2D eigenvalue weighted by atomic mass is 16.4. The molecule has 0 fully saturated rings. The van der Waals surface area contributed by atoms with E-state index in [1.165, 1.54) is 0 Å². The van der Waals surface area contributed by atoms with Crippen molar-refractivity contribution in [3.8, 4) is 0 Å². The summed E-state index contributed by atoms with van der Waals surface area (Å²) in [5.74, 6) is 2.19. The minimum Gasteiger partial charge on any atom is -0.421 e. The van der Waals surface area contributed by atoms with Gasteiger partial charge in [0.05, 0.1) is 0 Å². The third-order valence-corrected chi connectivity index (χ3v) is 3.95. The van der Waals surface area contributed by atoms with Crippen molar-refractivity contribution in [1.82, 2.24) is 20.4 Å². The lowest BCUT2D eigenvalue weighted by Gasteiger charge is -2.28. The quantitative estimate of drug-likeness (QED) is 0.824. The summed E-state index contributed by atoms with van der Waals surface area (Å²) >= 11 is 0. The van der Waals surface area contributed by atoms with Gasteiger partial charge in [0.2, 0.25) is 23.6 Å². The van der Waals surface area contributed by atoms with Gasteiger partial charge in [-0.2, -0.15) is 0 Å². The zero-order valence-corrected chi connectivity index (χ0v) is 14.9. The molecule has 0 aromatic carbocycles.